The van der Waals surface area contributed by atoms with Crippen molar-refractivity contribution >= 4 is 42.6 Å². The van der Waals surface area contributed by atoms with Gasteiger partial charge in [0.1, 0.15) is 5.52 Å². The highest BCUT2D eigenvalue weighted by molar-refractivity contribution is 9.10. The van der Waals surface area contributed by atoms with Crippen LogP contribution in [0, 0.1) is 0 Å². The summed E-state index contributed by atoms with van der Waals surface area (Å²) >= 11 is 3.33. The summed E-state index contributed by atoms with van der Waals surface area (Å²) in [7, 11) is -3.66. The standard InChI is InChI=1S/C14H11BrN2O3S/c15-11-4-2-1-3-9(11)8-21(18,19)14-17-12-6-5-10(16)7-13(12)20-14/h1-7H,8,16H2. The Morgan fingerprint density at radius 1 is 1.19 bits per heavy atom. The molecule has 0 fully saturated rings. The van der Waals surface area contributed by atoms with E-state index in [-0.39, 0.29) is 11.0 Å². The van der Waals surface area contributed by atoms with Crippen molar-refractivity contribution in [2.45, 2.75) is 11.0 Å². The second kappa shape index (κ2) is 5.16. The fourth-order valence-corrected chi connectivity index (χ4v) is 3.78. The first kappa shape index (κ1) is 14.1. The number of aromatic nitrogens is 1. The Labute approximate surface area is 129 Å². The third-order valence-corrected chi connectivity index (χ3v) is 5.13. The molecule has 0 spiro atoms. The third-order valence-electron chi connectivity index (χ3n) is 2.96. The molecule has 108 valence electrons. The van der Waals surface area contributed by atoms with Crippen LogP contribution in [0.25, 0.3) is 11.1 Å². The highest BCUT2D eigenvalue weighted by Crippen LogP contribution is 2.25. The predicted octanol–water partition coefficient (Wildman–Crippen LogP) is 3.15. The normalized spacial score (nSPS) is 11.9. The fraction of sp³-hybridized carbons (Fsp3) is 0.0714. The van der Waals surface area contributed by atoms with Crippen molar-refractivity contribution in [1.82, 2.24) is 4.98 Å². The Morgan fingerprint density at radius 2 is 1.95 bits per heavy atom. The van der Waals surface area contributed by atoms with Crippen molar-refractivity contribution in [2.75, 3.05) is 5.73 Å². The smallest absolute Gasteiger partial charge is 0.316 e. The van der Waals surface area contributed by atoms with Gasteiger partial charge >= 0.3 is 5.22 Å². The zero-order valence-corrected chi connectivity index (χ0v) is 13.2. The molecule has 5 nitrogen and oxygen atoms in total. The maximum absolute atomic E-state index is 12.4. The van der Waals surface area contributed by atoms with E-state index < -0.39 is 9.84 Å². The number of benzene rings is 2. The maximum atomic E-state index is 12.4. The molecule has 0 aliphatic heterocycles. The lowest BCUT2D eigenvalue weighted by Gasteiger charge is -2.02. The van der Waals surface area contributed by atoms with E-state index in [1.165, 1.54) is 0 Å². The van der Waals surface area contributed by atoms with Crippen molar-refractivity contribution < 1.29 is 12.8 Å². The summed E-state index contributed by atoms with van der Waals surface area (Å²) in [5.74, 6) is -0.184. The van der Waals surface area contributed by atoms with E-state index in [1.807, 2.05) is 6.07 Å². The molecule has 21 heavy (non-hydrogen) atoms. The molecule has 0 saturated heterocycles. The first-order valence-corrected chi connectivity index (χ1v) is 8.52. The van der Waals surface area contributed by atoms with Gasteiger partial charge in [0.2, 0.25) is 9.84 Å². The molecule has 3 aromatic rings. The molecule has 0 aliphatic rings. The highest BCUT2D eigenvalue weighted by Gasteiger charge is 2.23. The summed E-state index contributed by atoms with van der Waals surface area (Å²) in [6.07, 6.45) is 0. The Kier molecular flexibility index (Phi) is 3.46. The van der Waals surface area contributed by atoms with Gasteiger partial charge in [0.05, 0.1) is 5.75 Å². The van der Waals surface area contributed by atoms with Crippen molar-refractivity contribution in [3.8, 4) is 0 Å². The highest BCUT2D eigenvalue weighted by atomic mass is 79.9. The van der Waals surface area contributed by atoms with Gasteiger partial charge in [-0.05, 0) is 23.8 Å². The average molecular weight is 367 g/mol. The molecule has 0 saturated carbocycles. The number of rotatable bonds is 3. The van der Waals surface area contributed by atoms with Gasteiger partial charge in [0.15, 0.2) is 5.58 Å². The van der Waals surface area contributed by atoms with E-state index in [0.717, 1.165) is 4.47 Å². The van der Waals surface area contributed by atoms with Crippen molar-refractivity contribution in [1.29, 1.82) is 0 Å². The molecule has 0 bridgehead atoms. The number of nitrogens with zero attached hydrogens (tertiary/aromatic N) is 1. The molecule has 3 rings (SSSR count). The second-order valence-corrected chi connectivity index (χ2v) is 7.28. The summed E-state index contributed by atoms with van der Waals surface area (Å²) in [6.45, 7) is 0. The number of nitrogen functional groups attached to an aromatic ring is 1. The molecule has 0 radical (unpaired) electrons. The number of sulfone groups is 1. The van der Waals surface area contributed by atoms with Crippen molar-refractivity contribution in [3.63, 3.8) is 0 Å². The van der Waals surface area contributed by atoms with Crippen LogP contribution in [0.1, 0.15) is 5.56 Å². The Hall–Kier alpha value is -1.86. The predicted molar refractivity (Wildman–Crippen MR) is 83.5 cm³/mol. The van der Waals surface area contributed by atoms with Crippen LogP contribution < -0.4 is 5.73 Å². The zero-order valence-electron chi connectivity index (χ0n) is 10.8. The van der Waals surface area contributed by atoms with Crippen LogP contribution in [0.3, 0.4) is 0 Å². The van der Waals surface area contributed by atoms with Crippen LogP contribution >= 0.6 is 15.9 Å². The minimum absolute atomic E-state index is 0.184. The number of halogens is 1. The third kappa shape index (κ3) is 2.79. The van der Waals surface area contributed by atoms with Crippen molar-refractivity contribution in [3.05, 3.63) is 52.5 Å². The minimum Gasteiger partial charge on any atom is -0.428 e. The zero-order chi connectivity index (χ0) is 15.0. The summed E-state index contributed by atoms with van der Waals surface area (Å²) in [4.78, 5) is 4.03. The van der Waals surface area contributed by atoms with Gasteiger partial charge in [0.25, 0.3) is 0 Å². The molecule has 2 aromatic carbocycles. The van der Waals surface area contributed by atoms with Crippen LogP contribution in [0.15, 0.2) is 56.6 Å². The van der Waals surface area contributed by atoms with Crippen LogP contribution in [0.4, 0.5) is 5.69 Å². The van der Waals surface area contributed by atoms with Gasteiger partial charge in [-0.3, -0.25) is 0 Å². The lowest BCUT2D eigenvalue weighted by Crippen LogP contribution is -2.05. The first-order chi connectivity index (χ1) is 9.95. The van der Waals surface area contributed by atoms with E-state index in [2.05, 4.69) is 20.9 Å². The first-order valence-electron chi connectivity index (χ1n) is 6.08. The minimum atomic E-state index is -3.66. The summed E-state index contributed by atoms with van der Waals surface area (Å²) < 4.78 is 30.9. The molecular weight excluding hydrogens is 356 g/mol. The number of hydrogen-bond donors (Lipinski definition) is 1. The number of oxazole rings is 1. The van der Waals surface area contributed by atoms with Crippen LogP contribution in [-0.2, 0) is 15.6 Å². The topological polar surface area (TPSA) is 86.2 Å². The average Bonchev–Trinajstić information content (AvgIpc) is 2.85. The molecule has 1 heterocycles. The van der Waals surface area contributed by atoms with Gasteiger partial charge < -0.3 is 10.2 Å². The van der Waals surface area contributed by atoms with Gasteiger partial charge in [-0.25, -0.2) is 8.42 Å². The van der Waals surface area contributed by atoms with E-state index in [9.17, 15) is 8.42 Å². The van der Waals surface area contributed by atoms with Gasteiger partial charge in [-0.1, -0.05) is 34.1 Å². The van der Waals surface area contributed by atoms with Crippen LogP contribution in [0.5, 0.6) is 0 Å². The number of fused-ring (bicyclic) bond motifs is 1. The molecular formula is C14H11BrN2O3S. The van der Waals surface area contributed by atoms with E-state index >= 15 is 0 Å². The van der Waals surface area contributed by atoms with Crippen LogP contribution in [0.2, 0.25) is 0 Å². The van der Waals surface area contributed by atoms with Gasteiger partial charge in [-0.15, -0.1) is 0 Å². The monoisotopic (exact) mass is 366 g/mol. The number of anilines is 1. The van der Waals surface area contributed by atoms with Crippen LogP contribution in [-0.4, -0.2) is 13.4 Å². The van der Waals surface area contributed by atoms with Gasteiger partial charge in [-0.2, -0.15) is 4.98 Å². The molecule has 7 heteroatoms. The Morgan fingerprint density at radius 3 is 2.71 bits per heavy atom. The van der Waals surface area contributed by atoms with E-state index in [0.29, 0.717) is 22.4 Å². The molecule has 0 atom stereocenters. The lowest BCUT2D eigenvalue weighted by atomic mass is 10.2. The molecule has 2 N–H and O–H groups in total. The molecule has 1 aromatic heterocycles. The quantitative estimate of drug-likeness (QED) is 0.719. The Balaban J connectivity index is 2.02. The summed E-state index contributed by atoms with van der Waals surface area (Å²) in [5.41, 5.74) is 7.62. The maximum Gasteiger partial charge on any atom is 0.316 e. The van der Waals surface area contributed by atoms with Crippen molar-refractivity contribution in [2.24, 2.45) is 0 Å². The molecule has 0 unspecified atom stereocenters. The number of nitrogens with two attached hydrogens (primary N) is 1. The molecule has 0 aliphatic carbocycles. The number of hydrogen-bond acceptors (Lipinski definition) is 5. The summed E-state index contributed by atoms with van der Waals surface area (Å²) in [6, 6.07) is 12.0. The Bertz CT molecular complexity index is 919. The molecule has 0 amide bonds. The second-order valence-electron chi connectivity index (χ2n) is 4.56. The van der Waals surface area contributed by atoms with E-state index in [1.54, 1.807) is 36.4 Å². The van der Waals surface area contributed by atoms with E-state index in [4.69, 9.17) is 10.2 Å². The lowest BCUT2D eigenvalue weighted by molar-refractivity contribution is 0.458. The largest absolute Gasteiger partial charge is 0.428 e. The van der Waals surface area contributed by atoms with Gasteiger partial charge in [0, 0.05) is 16.2 Å². The summed E-state index contributed by atoms with van der Waals surface area (Å²) in [5, 5.41) is -0.293. The fourth-order valence-electron chi connectivity index (χ4n) is 1.93. The SMILES string of the molecule is Nc1ccc2nc(S(=O)(=O)Cc3ccccc3Br)oc2c1.